The monoisotopic (exact) mass is 588 g/mol. The predicted octanol–water partition coefficient (Wildman–Crippen LogP) is 6.16. The van der Waals surface area contributed by atoms with E-state index in [0.717, 1.165) is 32.8 Å². The molecule has 0 aliphatic heterocycles. The number of rotatable bonds is 12. The number of nitrogens with one attached hydrogen (secondary N) is 1. The van der Waals surface area contributed by atoms with E-state index in [4.69, 9.17) is 9.47 Å². The highest BCUT2D eigenvalue weighted by Gasteiger charge is 2.30. The second-order valence-corrected chi connectivity index (χ2v) is 10.1. The Morgan fingerprint density at radius 3 is 2.44 bits per heavy atom. The van der Waals surface area contributed by atoms with E-state index in [1.807, 2.05) is 97.9 Å². The Bertz CT molecular complexity index is 1410. The van der Waals surface area contributed by atoms with Crippen molar-refractivity contribution < 1.29 is 19.1 Å². The summed E-state index contributed by atoms with van der Waals surface area (Å²) in [7, 11) is 1.60. The van der Waals surface area contributed by atoms with Gasteiger partial charge in [-0.15, -0.1) is 0 Å². The fourth-order valence-corrected chi connectivity index (χ4v) is 5.04. The smallest absolute Gasteiger partial charge is 0.261 e. The van der Waals surface area contributed by atoms with Gasteiger partial charge < -0.3 is 19.7 Å². The first kappa shape index (κ1) is 28.2. The highest BCUT2D eigenvalue weighted by molar-refractivity contribution is 9.10. The summed E-state index contributed by atoms with van der Waals surface area (Å²) in [5.41, 5.74) is 1.83. The molecule has 4 aromatic rings. The number of methoxy groups -OCH3 is 1. The zero-order valence-electron chi connectivity index (χ0n) is 22.2. The van der Waals surface area contributed by atoms with E-state index in [-0.39, 0.29) is 25.0 Å². The first-order valence-electron chi connectivity index (χ1n) is 13.0. The highest BCUT2D eigenvalue weighted by atomic mass is 79.9. The maximum Gasteiger partial charge on any atom is 0.261 e. The molecule has 0 spiro atoms. The van der Waals surface area contributed by atoms with E-state index in [2.05, 4.69) is 21.2 Å². The molecule has 0 fully saturated rings. The van der Waals surface area contributed by atoms with Crippen LogP contribution in [0.15, 0.2) is 95.5 Å². The molecule has 0 heterocycles. The Morgan fingerprint density at radius 1 is 0.923 bits per heavy atom. The summed E-state index contributed by atoms with van der Waals surface area (Å²) in [6.07, 6.45) is 1.18. The molecule has 0 saturated carbocycles. The van der Waals surface area contributed by atoms with Crippen molar-refractivity contribution in [2.45, 2.75) is 32.4 Å². The standard InChI is InChI=1S/C32H33BrN2O4/c1-3-18-34-32(37)28(20-23-10-5-4-6-11-23)35(21-24-12-9-14-26(19-24)38-2)30(36)22-39-29-17-16-25-13-7-8-15-27(25)31(29)33/h4-17,19,28H,3,18,20-22H2,1-2H3,(H,34,37)/t28-/m1/s1. The molecule has 0 radical (unpaired) electrons. The minimum absolute atomic E-state index is 0.191. The van der Waals surface area contributed by atoms with Gasteiger partial charge in [-0.2, -0.15) is 0 Å². The molecule has 0 aliphatic rings. The van der Waals surface area contributed by atoms with Gasteiger partial charge in [0.25, 0.3) is 5.91 Å². The molecule has 0 saturated heterocycles. The van der Waals surface area contributed by atoms with Crippen LogP contribution in [0.25, 0.3) is 10.8 Å². The molecule has 4 rings (SSSR count). The second kappa shape index (κ2) is 13.8. The quantitative estimate of drug-likeness (QED) is 0.215. The maximum absolute atomic E-state index is 13.8. The highest BCUT2D eigenvalue weighted by Crippen LogP contribution is 2.33. The van der Waals surface area contributed by atoms with Crippen molar-refractivity contribution in [3.63, 3.8) is 0 Å². The van der Waals surface area contributed by atoms with Crippen LogP contribution >= 0.6 is 15.9 Å². The van der Waals surface area contributed by atoms with E-state index in [0.29, 0.717) is 24.5 Å². The van der Waals surface area contributed by atoms with Crippen LogP contribution in [0, 0.1) is 0 Å². The SMILES string of the molecule is CCCNC(=O)[C@@H](Cc1ccccc1)N(Cc1cccc(OC)c1)C(=O)COc1ccc2ccccc2c1Br. The fraction of sp³-hybridized carbons (Fsp3) is 0.250. The van der Waals surface area contributed by atoms with Crippen LogP contribution in [-0.4, -0.2) is 43.0 Å². The van der Waals surface area contributed by atoms with Gasteiger partial charge in [0.15, 0.2) is 6.61 Å². The van der Waals surface area contributed by atoms with Crippen molar-refractivity contribution in [3.8, 4) is 11.5 Å². The summed E-state index contributed by atoms with van der Waals surface area (Å²) >= 11 is 3.64. The summed E-state index contributed by atoms with van der Waals surface area (Å²) in [5.74, 6) is 0.777. The van der Waals surface area contributed by atoms with Crippen LogP contribution in [0.2, 0.25) is 0 Å². The normalized spacial score (nSPS) is 11.6. The van der Waals surface area contributed by atoms with Gasteiger partial charge in [-0.1, -0.05) is 79.7 Å². The summed E-state index contributed by atoms with van der Waals surface area (Å²) in [4.78, 5) is 28.9. The number of nitrogens with zero attached hydrogens (tertiary/aromatic N) is 1. The topological polar surface area (TPSA) is 67.9 Å². The third-order valence-corrected chi connectivity index (χ3v) is 7.30. The largest absolute Gasteiger partial charge is 0.497 e. The Kier molecular flexibility index (Phi) is 9.97. The molecule has 0 aromatic heterocycles. The lowest BCUT2D eigenvalue weighted by Gasteiger charge is -2.31. The number of hydrogen-bond acceptors (Lipinski definition) is 4. The molecule has 202 valence electrons. The summed E-state index contributed by atoms with van der Waals surface area (Å²) in [5, 5.41) is 5.06. The Labute approximate surface area is 238 Å². The maximum atomic E-state index is 13.8. The average Bonchev–Trinajstić information content (AvgIpc) is 2.98. The van der Waals surface area contributed by atoms with Gasteiger partial charge in [-0.05, 0) is 62.4 Å². The van der Waals surface area contributed by atoms with E-state index < -0.39 is 6.04 Å². The molecule has 6 nitrogen and oxygen atoms in total. The van der Waals surface area contributed by atoms with Crippen LogP contribution in [-0.2, 0) is 22.6 Å². The third kappa shape index (κ3) is 7.39. The molecular formula is C32H33BrN2O4. The lowest BCUT2D eigenvalue weighted by atomic mass is 10.0. The molecule has 0 bridgehead atoms. The first-order valence-corrected chi connectivity index (χ1v) is 13.8. The van der Waals surface area contributed by atoms with Gasteiger partial charge in [-0.25, -0.2) is 0 Å². The molecule has 4 aromatic carbocycles. The van der Waals surface area contributed by atoms with Crippen molar-refractivity contribution in [2.24, 2.45) is 0 Å². The van der Waals surface area contributed by atoms with Crippen LogP contribution < -0.4 is 14.8 Å². The number of amides is 2. The summed E-state index contributed by atoms with van der Waals surface area (Å²) in [6, 6.07) is 28.3. The second-order valence-electron chi connectivity index (χ2n) is 9.26. The average molecular weight is 590 g/mol. The number of hydrogen-bond donors (Lipinski definition) is 1. The molecular weight excluding hydrogens is 556 g/mol. The van der Waals surface area contributed by atoms with Gasteiger partial charge in [0.2, 0.25) is 5.91 Å². The van der Waals surface area contributed by atoms with Crippen LogP contribution in [0.1, 0.15) is 24.5 Å². The molecule has 2 amide bonds. The van der Waals surface area contributed by atoms with Crippen LogP contribution in [0.5, 0.6) is 11.5 Å². The van der Waals surface area contributed by atoms with E-state index in [1.54, 1.807) is 12.0 Å². The Hall–Kier alpha value is -3.84. The Balaban J connectivity index is 1.64. The van der Waals surface area contributed by atoms with E-state index >= 15 is 0 Å². The van der Waals surface area contributed by atoms with E-state index in [1.165, 1.54) is 0 Å². The van der Waals surface area contributed by atoms with Crippen molar-refractivity contribution in [3.05, 3.63) is 107 Å². The van der Waals surface area contributed by atoms with Gasteiger partial charge in [0.1, 0.15) is 17.5 Å². The third-order valence-electron chi connectivity index (χ3n) is 6.49. The lowest BCUT2D eigenvalue weighted by Crippen LogP contribution is -2.51. The van der Waals surface area contributed by atoms with Gasteiger partial charge in [0, 0.05) is 19.5 Å². The van der Waals surface area contributed by atoms with Crippen molar-refractivity contribution in [1.82, 2.24) is 10.2 Å². The lowest BCUT2D eigenvalue weighted by molar-refractivity contribution is -0.142. The van der Waals surface area contributed by atoms with E-state index in [9.17, 15) is 9.59 Å². The molecule has 0 aliphatic carbocycles. The Morgan fingerprint density at radius 2 is 1.67 bits per heavy atom. The number of carbonyl (C=O) groups excluding carboxylic acids is 2. The number of fused-ring (bicyclic) bond motifs is 1. The zero-order chi connectivity index (χ0) is 27.6. The first-order chi connectivity index (χ1) is 19.0. The van der Waals surface area contributed by atoms with Crippen LogP contribution in [0.3, 0.4) is 0 Å². The van der Waals surface area contributed by atoms with Gasteiger partial charge >= 0.3 is 0 Å². The minimum Gasteiger partial charge on any atom is -0.497 e. The fourth-order valence-electron chi connectivity index (χ4n) is 4.43. The molecule has 0 unspecified atom stereocenters. The zero-order valence-corrected chi connectivity index (χ0v) is 23.8. The molecule has 39 heavy (non-hydrogen) atoms. The summed E-state index contributed by atoms with van der Waals surface area (Å²) < 4.78 is 12.2. The number of halogens is 1. The molecule has 1 N–H and O–H groups in total. The van der Waals surface area contributed by atoms with Gasteiger partial charge in [0.05, 0.1) is 11.6 Å². The van der Waals surface area contributed by atoms with Crippen LogP contribution in [0.4, 0.5) is 0 Å². The van der Waals surface area contributed by atoms with Crippen molar-refractivity contribution in [1.29, 1.82) is 0 Å². The summed E-state index contributed by atoms with van der Waals surface area (Å²) in [6.45, 7) is 2.55. The van der Waals surface area contributed by atoms with Gasteiger partial charge in [-0.3, -0.25) is 9.59 Å². The van der Waals surface area contributed by atoms with Crippen molar-refractivity contribution in [2.75, 3.05) is 20.3 Å². The molecule has 1 atom stereocenters. The number of carbonyl (C=O) groups is 2. The van der Waals surface area contributed by atoms with Crippen molar-refractivity contribution >= 4 is 38.5 Å². The number of ether oxygens (including phenoxy) is 2. The number of benzene rings is 4. The predicted molar refractivity (Wildman–Crippen MR) is 158 cm³/mol. The minimum atomic E-state index is -0.721. The molecule has 7 heteroatoms.